The second kappa shape index (κ2) is 5.62. The summed E-state index contributed by atoms with van der Waals surface area (Å²) in [6.07, 6.45) is -0.0764. The van der Waals surface area contributed by atoms with E-state index in [9.17, 15) is 8.42 Å². The normalized spacial score (nSPS) is 21.7. The Labute approximate surface area is 113 Å². The van der Waals surface area contributed by atoms with E-state index in [0.29, 0.717) is 37.8 Å². The van der Waals surface area contributed by atoms with Crippen LogP contribution in [0.5, 0.6) is 0 Å². The van der Waals surface area contributed by atoms with Crippen LogP contribution in [-0.2, 0) is 21.3 Å². The molecule has 108 valence electrons. The number of furan rings is 1. The van der Waals surface area contributed by atoms with Crippen molar-refractivity contribution in [1.82, 2.24) is 9.62 Å². The molecule has 0 bridgehead atoms. The Bertz CT molecular complexity index is 538. The summed E-state index contributed by atoms with van der Waals surface area (Å²) in [4.78, 5) is 0.256. The zero-order valence-corrected chi connectivity index (χ0v) is 12.3. The Hall–Kier alpha value is -0.890. The van der Waals surface area contributed by atoms with E-state index in [-0.39, 0.29) is 11.0 Å². The number of nitrogens with zero attached hydrogens (tertiary/aromatic N) is 1. The quantitative estimate of drug-likeness (QED) is 0.884. The first-order valence-corrected chi connectivity index (χ1v) is 7.75. The predicted octanol–water partition coefficient (Wildman–Crippen LogP) is 0.717. The third-order valence-electron chi connectivity index (χ3n) is 3.10. The smallest absolute Gasteiger partial charge is 0.246 e. The van der Waals surface area contributed by atoms with E-state index < -0.39 is 10.0 Å². The predicted molar refractivity (Wildman–Crippen MR) is 70.4 cm³/mol. The molecule has 1 atom stereocenters. The van der Waals surface area contributed by atoms with Gasteiger partial charge in [-0.05, 0) is 20.9 Å². The van der Waals surface area contributed by atoms with Crippen LogP contribution in [0.25, 0.3) is 0 Å². The molecule has 1 N–H and O–H groups in total. The molecule has 6 nitrogen and oxygen atoms in total. The Morgan fingerprint density at radius 1 is 1.53 bits per heavy atom. The molecule has 2 heterocycles. The zero-order valence-electron chi connectivity index (χ0n) is 11.5. The Balaban J connectivity index is 2.28. The number of nitrogens with one attached hydrogen (secondary N) is 1. The van der Waals surface area contributed by atoms with Crippen LogP contribution in [0, 0.1) is 6.92 Å². The Kier molecular flexibility index (Phi) is 4.29. The highest BCUT2D eigenvalue weighted by Crippen LogP contribution is 2.25. The van der Waals surface area contributed by atoms with Crippen LogP contribution in [0.3, 0.4) is 0 Å². The molecule has 1 aromatic rings. The molecule has 0 aromatic carbocycles. The fourth-order valence-electron chi connectivity index (χ4n) is 2.19. The largest absolute Gasteiger partial charge is 0.464 e. The molecule has 1 fully saturated rings. The van der Waals surface area contributed by atoms with Crippen molar-refractivity contribution < 1.29 is 17.6 Å². The van der Waals surface area contributed by atoms with Gasteiger partial charge in [0.15, 0.2) is 0 Å². The van der Waals surface area contributed by atoms with Gasteiger partial charge in [-0.25, -0.2) is 8.42 Å². The first kappa shape index (κ1) is 14.5. The van der Waals surface area contributed by atoms with Crippen molar-refractivity contribution in [2.45, 2.75) is 31.4 Å². The summed E-state index contributed by atoms with van der Waals surface area (Å²) in [7, 11) is -1.70. The van der Waals surface area contributed by atoms with Gasteiger partial charge in [0, 0.05) is 19.2 Å². The summed E-state index contributed by atoms with van der Waals surface area (Å²) in [6.45, 7) is 5.26. The van der Waals surface area contributed by atoms with Crippen molar-refractivity contribution in [3.05, 3.63) is 17.6 Å². The van der Waals surface area contributed by atoms with Gasteiger partial charge in [-0.15, -0.1) is 0 Å². The van der Waals surface area contributed by atoms with Crippen LogP contribution in [0.4, 0.5) is 0 Å². The number of morpholine rings is 1. The Morgan fingerprint density at radius 3 is 2.89 bits per heavy atom. The summed E-state index contributed by atoms with van der Waals surface area (Å²) in [6, 6.07) is 1.60. The van der Waals surface area contributed by atoms with Crippen LogP contribution < -0.4 is 5.32 Å². The molecule has 19 heavy (non-hydrogen) atoms. The molecule has 0 spiro atoms. The van der Waals surface area contributed by atoms with Gasteiger partial charge in [0.25, 0.3) is 0 Å². The number of aryl methyl sites for hydroxylation is 1. The lowest BCUT2D eigenvalue weighted by atomic mass is 10.3. The van der Waals surface area contributed by atoms with E-state index in [4.69, 9.17) is 9.15 Å². The van der Waals surface area contributed by atoms with Crippen molar-refractivity contribution in [2.24, 2.45) is 0 Å². The van der Waals surface area contributed by atoms with Gasteiger partial charge in [0.05, 0.1) is 19.3 Å². The first-order chi connectivity index (χ1) is 8.95. The average Bonchev–Trinajstić information content (AvgIpc) is 2.71. The summed E-state index contributed by atoms with van der Waals surface area (Å²) in [5, 5.41) is 2.94. The molecule has 0 aliphatic carbocycles. The highest BCUT2D eigenvalue weighted by atomic mass is 32.2. The average molecular weight is 288 g/mol. The maximum atomic E-state index is 12.6. The van der Waals surface area contributed by atoms with Crippen LogP contribution in [0.2, 0.25) is 0 Å². The highest BCUT2D eigenvalue weighted by Gasteiger charge is 2.32. The van der Waals surface area contributed by atoms with Crippen molar-refractivity contribution in [2.75, 3.05) is 26.7 Å². The summed E-state index contributed by atoms with van der Waals surface area (Å²) >= 11 is 0. The third kappa shape index (κ3) is 3.00. The molecule has 0 amide bonds. The van der Waals surface area contributed by atoms with Crippen molar-refractivity contribution in [1.29, 1.82) is 0 Å². The summed E-state index contributed by atoms with van der Waals surface area (Å²) in [5.74, 6) is 1.06. The van der Waals surface area contributed by atoms with Crippen molar-refractivity contribution in [3.8, 4) is 0 Å². The molecule has 1 aliphatic heterocycles. The van der Waals surface area contributed by atoms with Gasteiger partial charge in [-0.3, -0.25) is 0 Å². The number of ether oxygens (including phenoxy) is 1. The van der Waals surface area contributed by atoms with Gasteiger partial charge in [-0.2, -0.15) is 4.31 Å². The van der Waals surface area contributed by atoms with Crippen LogP contribution in [0.1, 0.15) is 18.4 Å². The van der Waals surface area contributed by atoms with E-state index in [1.165, 1.54) is 4.31 Å². The van der Waals surface area contributed by atoms with Gasteiger partial charge >= 0.3 is 0 Å². The second-order valence-electron chi connectivity index (χ2n) is 4.71. The van der Waals surface area contributed by atoms with Crippen molar-refractivity contribution >= 4 is 10.0 Å². The summed E-state index contributed by atoms with van der Waals surface area (Å²) < 4.78 is 37.4. The van der Waals surface area contributed by atoms with E-state index in [1.54, 1.807) is 20.0 Å². The number of rotatable bonds is 4. The highest BCUT2D eigenvalue weighted by molar-refractivity contribution is 7.89. The molecule has 0 radical (unpaired) electrons. The van der Waals surface area contributed by atoms with Crippen molar-refractivity contribution in [3.63, 3.8) is 0 Å². The molecule has 0 saturated carbocycles. The molecular formula is C12H20N2O4S. The SMILES string of the molecule is CNCc1cc(S(=O)(=O)N2CCOC(C)C2)c(C)o1. The maximum Gasteiger partial charge on any atom is 0.246 e. The minimum atomic E-state index is -3.49. The standard InChI is InChI=1S/C12H20N2O4S/c1-9-8-14(4-5-17-9)19(15,16)12-6-11(7-13-3)18-10(12)2/h6,9,13H,4-5,7-8H2,1-3H3. The molecular weight excluding hydrogens is 268 g/mol. The second-order valence-corrected chi connectivity index (χ2v) is 6.61. The molecule has 7 heteroatoms. The fraction of sp³-hybridized carbons (Fsp3) is 0.667. The third-order valence-corrected chi connectivity index (χ3v) is 5.07. The minimum absolute atomic E-state index is 0.0764. The molecule has 1 saturated heterocycles. The number of hydrogen-bond donors (Lipinski definition) is 1. The topological polar surface area (TPSA) is 71.8 Å². The zero-order chi connectivity index (χ0) is 14.0. The lowest BCUT2D eigenvalue weighted by Gasteiger charge is -2.30. The van der Waals surface area contributed by atoms with Crippen LogP contribution in [-0.4, -0.2) is 45.6 Å². The molecule has 2 rings (SSSR count). The van der Waals surface area contributed by atoms with Gasteiger partial charge < -0.3 is 14.5 Å². The van der Waals surface area contributed by atoms with E-state index >= 15 is 0 Å². The first-order valence-electron chi connectivity index (χ1n) is 6.31. The van der Waals surface area contributed by atoms with Crippen LogP contribution in [0.15, 0.2) is 15.4 Å². The lowest BCUT2D eigenvalue weighted by Crippen LogP contribution is -2.44. The van der Waals surface area contributed by atoms with Gasteiger partial charge in [-0.1, -0.05) is 0 Å². The lowest BCUT2D eigenvalue weighted by molar-refractivity contribution is 0.0101. The van der Waals surface area contributed by atoms with E-state index in [1.807, 2.05) is 6.92 Å². The Morgan fingerprint density at radius 2 is 2.26 bits per heavy atom. The van der Waals surface area contributed by atoms with Gasteiger partial charge in [0.1, 0.15) is 16.4 Å². The maximum absolute atomic E-state index is 12.6. The fourth-order valence-corrected chi connectivity index (χ4v) is 3.87. The number of sulfonamides is 1. The minimum Gasteiger partial charge on any atom is -0.464 e. The number of hydrogen-bond acceptors (Lipinski definition) is 5. The van der Waals surface area contributed by atoms with E-state index in [0.717, 1.165) is 0 Å². The molecule has 1 aliphatic rings. The van der Waals surface area contributed by atoms with Crippen LogP contribution >= 0.6 is 0 Å². The monoisotopic (exact) mass is 288 g/mol. The molecule has 1 unspecified atom stereocenters. The molecule has 1 aromatic heterocycles. The van der Waals surface area contributed by atoms with E-state index in [2.05, 4.69) is 5.32 Å². The summed E-state index contributed by atoms with van der Waals surface area (Å²) in [5.41, 5.74) is 0. The van der Waals surface area contributed by atoms with Gasteiger partial charge in [0.2, 0.25) is 10.0 Å².